The summed E-state index contributed by atoms with van der Waals surface area (Å²) in [6, 6.07) is 5.23. The van der Waals surface area contributed by atoms with Gasteiger partial charge in [-0.2, -0.15) is 0 Å². The summed E-state index contributed by atoms with van der Waals surface area (Å²) < 4.78 is 26.6. The molecule has 2 unspecified atom stereocenters. The van der Waals surface area contributed by atoms with Gasteiger partial charge in [-0.05, 0) is 44.4 Å². The number of likely N-dealkylation sites (tertiary alicyclic amines) is 1. The summed E-state index contributed by atoms with van der Waals surface area (Å²) in [7, 11) is 0. The van der Waals surface area contributed by atoms with Gasteiger partial charge in [0.1, 0.15) is 11.6 Å². The fourth-order valence-electron chi connectivity index (χ4n) is 4.08. The van der Waals surface area contributed by atoms with Gasteiger partial charge in [-0.1, -0.05) is 0 Å². The molecule has 0 spiro atoms. The topological polar surface area (TPSA) is 9.72 Å². The van der Waals surface area contributed by atoms with Crippen LogP contribution in [0, 0.1) is 11.6 Å². The first kappa shape index (κ1) is 17.8. The maximum Gasteiger partial charge on any atom is 0.126 e. The number of rotatable bonds is 5. The molecule has 2 saturated heterocycles. The van der Waals surface area contributed by atoms with Crippen LogP contribution in [0.2, 0.25) is 0 Å². The highest BCUT2D eigenvalue weighted by Crippen LogP contribution is 2.23. The summed E-state index contributed by atoms with van der Waals surface area (Å²) in [5.41, 5.74) is 0.723. The second-order valence-corrected chi connectivity index (χ2v) is 7.41. The summed E-state index contributed by atoms with van der Waals surface area (Å²) in [6.45, 7) is 11.6. The summed E-state index contributed by atoms with van der Waals surface area (Å²) in [5, 5.41) is 0. The Morgan fingerprint density at radius 2 is 1.38 bits per heavy atom. The Hall–Kier alpha value is -1.04. The van der Waals surface area contributed by atoms with Gasteiger partial charge in [-0.3, -0.25) is 14.7 Å². The number of hydrogen-bond acceptors (Lipinski definition) is 3. The van der Waals surface area contributed by atoms with Crippen molar-refractivity contribution in [2.45, 2.75) is 45.3 Å². The van der Waals surface area contributed by atoms with E-state index in [9.17, 15) is 8.78 Å². The van der Waals surface area contributed by atoms with Crippen LogP contribution in [-0.2, 0) is 6.54 Å². The van der Waals surface area contributed by atoms with Crippen molar-refractivity contribution >= 4 is 0 Å². The Balaban J connectivity index is 1.42. The molecule has 3 rings (SSSR count). The van der Waals surface area contributed by atoms with Gasteiger partial charge in [0.2, 0.25) is 0 Å². The smallest absolute Gasteiger partial charge is 0.126 e. The third kappa shape index (κ3) is 4.52. The zero-order valence-corrected chi connectivity index (χ0v) is 14.8. The quantitative estimate of drug-likeness (QED) is 0.818. The predicted molar refractivity (Wildman–Crippen MR) is 92.9 cm³/mol. The van der Waals surface area contributed by atoms with Crippen LogP contribution < -0.4 is 0 Å². The van der Waals surface area contributed by atoms with E-state index in [0.717, 1.165) is 50.9 Å². The van der Waals surface area contributed by atoms with Crippen molar-refractivity contribution in [1.29, 1.82) is 0 Å². The molecule has 0 aromatic heterocycles. The van der Waals surface area contributed by atoms with Crippen LogP contribution in [0.5, 0.6) is 0 Å². The second kappa shape index (κ2) is 7.89. The minimum Gasteiger partial charge on any atom is -0.300 e. The predicted octanol–water partition coefficient (Wildman–Crippen LogP) is 2.96. The van der Waals surface area contributed by atoms with E-state index in [0.29, 0.717) is 18.6 Å². The molecule has 24 heavy (non-hydrogen) atoms. The Morgan fingerprint density at radius 3 is 1.96 bits per heavy atom. The van der Waals surface area contributed by atoms with Crippen LogP contribution in [0.15, 0.2) is 18.2 Å². The molecule has 3 nitrogen and oxygen atoms in total. The molecule has 0 aliphatic carbocycles. The number of halogens is 2. The highest BCUT2D eigenvalue weighted by molar-refractivity contribution is 5.17. The van der Waals surface area contributed by atoms with Gasteiger partial charge >= 0.3 is 0 Å². The first-order valence-corrected chi connectivity index (χ1v) is 9.16. The van der Waals surface area contributed by atoms with E-state index in [1.54, 1.807) is 0 Å². The van der Waals surface area contributed by atoms with Crippen LogP contribution in [0.25, 0.3) is 0 Å². The molecular weight excluding hydrogens is 308 g/mol. The molecule has 0 amide bonds. The van der Waals surface area contributed by atoms with Crippen molar-refractivity contribution in [2.24, 2.45) is 0 Å². The van der Waals surface area contributed by atoms with E-state index in [2.05, 4.69) is 28.5 Å². The molecule has 1 aromatic carbocycles. The molecule has 2 aliphatic rings. The number of hydrogen-bond donors (Lipinski definition) is 0. The zero-order valence-electron chi connectivity index (χ0n) is 14.8. The summed E-state index contributed by atoms with van der Waals surface area (Å²) >= 11 is 0. The first-order valence-electron chi connectivity index (χ1n) is 9.16. The van der Waals surface area contributed by atoms with Gasteiger partial charge in [-0.15, -0.1) is 0 Å². The largest absolute Gasteiger partial charge is 0.300 e. The SMILES string of the molecule is CC1CCC(C)N1CCN1CCN(Cc2cc(F)cc(F)c2)CC1. The fraction of sp³-hybridized carbons (Fsp3) is 0.684. The van der Waals surface area contributed by atoms with Crippen molar-refractivity contribution in [2.75, 3.05) is 39.3 Å². The molecule has 0 N–H and O–H groups in total. The van der Waals surface area contributed by atoms with Crippen molar-refractivity contribution in [3.8, 4) is 0 Å². The van der Waals surface area contributed by atoms with Crippen LogP contribution in [0.1, 0.15) is 32.3 Å². The molecule has 0 bridgehead atoms. The summed E-state index contributed by atoms with van der Waals surface area (Å²) in [4.78, 5) is 7.42. The van der Waals surface area contributed by atoms with Crippen LogP contribution >= 0.6 is 0 Å². The molecule has 2 fully saturated rings. The molecular formula is C19H29F2N3. The van der Waals surface area contributed by atoms with Crippen molar-refractivity contribution in [1.82, 2.24) is 14.7 Å². The maximum absolute atomic E-state index is 13.3. The molecule has 134 valence electrons. The van der Waals surface area contributed by atoms with Crippen molar-refractivity contribution in [3.05, 3.63) is 35.4 Å². The third-order valence-corrected chi connectivity index (χ3v) is 5.60. The second-order valence-electron chi connectivity index (χ2n) is 7.41. The minimum absolute atomic E-state index is 0.488. The average molecular weight is 337 g/mol. The summed E-state index contributed by atoms with van der Waals surface area (Å²) in [6.07, 6.45) is 2.64. The van der Waals surface area contributed by atoms with Crippen LogP contribution in [0.3, 0.4) is 0 Å². The Bertz CT molecular complexity index is 513. The molecule has 0 saturated carbocycles. The fourth-order valence-corrected chi connectivity index (χ4v) is 4.08. The van der Waals surface area contributed by atoms with E-state index in [1.807, 2.05) is 0 Å². The van der Waals surface area contributed by atoms with E-state index in [-0.39, 0.29) is 0 Å². The molecule has 0 radical (unpaired) electrons. The molecule has 2 atom stereocenters. The molecule has 5 heteroatoms. The average Bonchev–Trinajstić information content (AvgIpc) is 2.84. The lowest BCUT2D eigenvalue weighted by molar-refractivity contribution is 0.106. The van der Waals surface area contributed by atoms with Crippen LogP contribution in [0.4, 0.5) is 8.78 Å². The van der Waals surface area contributed by atoms with Crippen LogP contribution in [-0.4, -0.2) is 66.1 Å². The Labute approximate surface area is 144 Å². The lowest BCUT2D eigenvalue weighted by Crippen LogP contribution is -2.48. The third-order valence-electron chi connectivity index (χ3n) is 5.60. The van der Waals surface area contributed by atoms with E-state index < -0.39 is 11.6 Å². The monoisotopic (exact) mass is 337 g/mol. The molecule has 2 aliphatic heterocycles. The lowest BCUT2D eigenvalue weighted by atomic mass is 10.2. The normalized spacial score (nSPS) is 27.0. The van der Waals surface area contributed by atoms with E-state index >= 15 is 0 Å². The van der Waals surface area contributed by atoms with Gasteiger partial charge in [0, 0.05) is 64.0 Å². The number of nitrogens with zero attached hydrogens (tertiary/aromatic N) is 3. The van der Waals surface area contributed by atoms with Gasteiger partial charge < -0.3 is 0 Å². The van der Waals surface area contributed by atoms with Gasteiger partial charge in [0.15, 0.2) is 0 Å². The molecule has 1 aromatic rings. The van der Waals surface area contributed by atoms with Gasteiger partial charge in [0.05, 0.1) is 0 Å². The minimum atomic E-state index is -0.488. The van der Waals surface area contributed by atoms with E-state index in [4.69, 9.17) is 0 Å². The van der Waals surface area contributed by atoms with Gasteiger partial charge in [-0.25, -0.2) is 8.78 Å². The highest BCUT2D eigenvalue weighted by Gasteiger charge is 2.27. The Morgan fingerprint density at radius 1 is 0.833 bits per heavy atom. The molecule has 2 heterocycles. The number of piperazine rings is 1. The maximum atomic E-state index is 13.3. The Kier molecular flexibility index (Phi) is 5.85. The van der Waals surface area contributed by atoms with Crippen molar-refractivity contribution in [3.63, 3.8) is 0 Å². The first-order chi connectivity index (χ1) is 11.5. The standard InChI is InChI=1S/C19H29F2N3/c1-15-3-4-16(2)24(15)10-9-22-5-7-23(8-6-22)14-17-11-18(20)13-19(21)12-17/h11-13,15-16H,3-10,14H2,1-2H3. The van der Waals surface area contributed by atoms with Crippen molar-refractivity contribution < 1.29 is 8.78 Å². The summed E-state index contributed by atoms with van der Waals surface area (Å²) in [5.74, 6) is -0.977. The van der Waals surface area contributed by atoms with Gasteiger partial charge in [0.25, 0.3) is 0 Å². The lowest BCUT2D eigenvalue weighted by Gasteiger charge is -2.36. The highest BCUT2D eigenvalue weighted by atomic mass is 19.1. The van der Waals surface area contributed by atoms with E-state index in [1.165, 1.54) is 25.0 Å². The number of benzene rings is 1. The zero-order chi connectivity index (χ0) is 17.1.